The Bertz CT molecular complexity index is 406. The smallest absolute Gasteiger partial charge is 0.161 e. The Morgan fingerprint density at radius 2 is 1.57 bits per heavy atom. The van der Waals surface area contributed by atoms with Gasteiger partial charge >= 0.3 is 0 Å². The summed E-state index contributed by atoms with van der Waals surface area (Å²) in [5.74, 6) is 2.34. The number of ether oxygens (including phenoxy) is 2. The quantitative estimate of drug-likeness (QED) is 0.469. The number of benzene rings is 1. The van der Waals surface area contributed by atoms with Gasteiger partial charge in [-0.3, -0.25) is 0 Å². The first-order valence-corrected chi connectivity index (χ1v) is 9.09. The third-order valence-electron chi connectivity index (χ3n) is 3.45. The zero-order chi connectivity index (χ0) is 15.7. The third-order valence-corrected chi connectivity index (χ3v) is 4.88. The van der Waals surface area contributed by atoms with E-state index in [2.05, 4.69) is 55.8 Å². The summed E-state index contributed by atoms with van der Waals surface area (Å²) in [6, 6.07) is 6.32. The molecule has 0 saturated carbocycles. The zero-order valence-corrected chi connectivity index (χ0v) is 15.4. The van der Waals surface area contributed by atoms with E-state index in [1.54, 1.807) is 0 Å². The van der Waals surface area contributed by atoms with Crippen molar-refractivity contribution in [2.45, 2.75) is 58.2 Å². The molecule has 3 heteroatoms. The Morgan fingerprint density at radius 1 is 0.952 bits per heavy atom. The van der Waals surface area contributed by atoms with Gasteiger partial charge < -0.3 is 9.47 Å². The van der Waals surface area contributed by atoms with Gasteiger partial charge in [0.25, 0.3) is 0 Å². The van der Waals surface area contributed by atoms with Gasteiger partial charge in [-0.2, -0.15) is 0 Å². The van der Waals surface area contributed by atoms with E-state index in [4.69, 9.17) is 9.47 Å². The molecule has 0 amide bonds. The lowest BCUT2D eigenvalue weighted by atomic mass is 9.96. The van der Waals surface area contributed by atoms with E-state index in [1.807, 2.05) is 6.07 Å². The molecule has 0 aromatic heterocycles. The van der Waals surface area contributed by atoms with Crippen LogP contribution in [0.15, 0.2) is 18.2 Å². The van der Waals surface area contributed by atoms with Crippen molar-refractivity contribution in [2.24, 2.45) is 5.92 Å². The summed E-state index contributed by atoms with van der Waals surface area (Å²) in [5.41, 5.74) is 1.27. The highest BCUT2D eigenvalue weighted by molar-refractivity contribution is 9.09. The van der Waals surface area contributed by atoms with Crippen LogP contribution in [-0.4, -0.2) is 13.2 Å². The second-order valence-electron chi connectivity index (χ2n) is 5.57. The fourth-order valence-electron chi connectivity index (χ4n) is 2.28. The van der Waals surface area contributed by atoms with Gasteiger partial charge in [-0.25, -0.2) is 0 Å². The summed E-state index contributed by atoms with van der Waals surface area (Å²) in [6.45, 7) is 10.2. The number of rotatable bonds is 10. The van der Waals surface area contributed by atoms with Crippen molar-refractivity contribution in [1.82, 2.24) is 0 Å². The van der Waals surface area contributed by atoms with Crippen LogP contribution in [-0.2, 0) is 0 Å². The van der Waals surface area contributed by atoms with Gasteiger partial charge in [0.05, 0.1) is 13.2 Å². The van der Waals surface area contributed by atoms with E-state index in [-0.39, 0.29) is 0 Å². The fourth-order valence-corrected chi connectivity index (χ4v) is 2.83. The molecule has 0 fully saturated rings. The molecule has 120 valence electrons. The van der Waals surface area contributed by atoms with Crippen molar-refractivity contribution in [1.29, 1.82) is 0 Å². The van der Waals surface area contributed by atoms with Crippen molar-refractivity contribution in [3.63, 3.8) is 0 Å². The summed E-state index contributed by atoms with van der Waals surface area (Å²) in [4.78, 5) is 0.363. The molecule has 0 spiro atoms. The molecule has 0 aliphatic rings. The molecule has 2 nitrogen and oxygen atoms in total. The van der Waals surface area contributed by atoms with Gasteiger partial charge in [-0.15, -0.1) is 0 Å². The first kappa shape index (κ1) is 18.3. The molecule has 1 aromatic rings. The van der Waals surface area contributed by atoms with Gasteiger partial charge in [-0.05, 0) is 42.9 Å². The maximum absolute atomic E-state index is 5.87. The van der Waals surface area contributed by atoms with Crippen molar-refractivity contribution in [3.05, 3.63) is 23.8 Å². The van der Waals surface area contributed by atoms with Gasteiger partial charge in [0, 0.05) is 4.83 Å². The van der Waals surface area contributed by atoms with Crippen LogP contribution in [0, 0.1) is 5.92 Å². The highest BCUT2D eigenvalue weighted by Gasteiger charge is 2.17. The molecule has 2 atom stereocenters. The zero-order valence-electron chi connectivity index (χ0n) is 13.8. The van der Waals surface area contributed by atoms with Crippen LogP contribution in [0.25, 0.3) is 0 Å². The molecular weight excluding hydrogens is 328 g/mol. The summed E-state index contributed by atoms with van der Waals surface area (Å²) in [5, 5.41) is 0. The van der Waals surface area contributed by atoms with E-state index in [0.29, 0.717) is 10.7 Å². The number of hydrogen-bond acceptors (Lipinski definition) is 2. The molecule has 1 rings (SSSR count). The molecule has 21 heavy (non-hydrogen) atoms. The summed E-state index contributed by atoms with van der Waals surface area (Å²) < 4.78 is 11.7. The van der Waals surface area contributed by atoms with Crippen molar-refractivity contribution in [3.8, 4) is 11.5 Å². The summed E-state index contributed by atoms with van der Waals surface area (Å²) in [6.07, 6.45) is 4.43. The van der Waals surface area contributed by atoms with Crippen molar-refractivity contribution in [2.75, 3.05) is 13.2 Å². The average molecular weight is 357 g/mol. The second kappa shape index (κ2) is 10.1. The van der Waals surface area contributed by atoms with Crippen LogP contribution in [0.5, 0.6) is 11.5 Å². The second-order valence-corrected chi connectivity index (χ2v) is 6.56. The Morgan fingerprint density at radius 3 is 2.14 bits per heavy atom. The summed E-state index contributed by atoms with van der Waals surface area (Å²) >= 11 is 3.84. The topological polar surface area (TPSA) is 18.5 Å². The van der Waals surface area contributed by atoms with Crippen molar-refractivity contribution < 1.29 is 9.47 Å². The van der Waals surface area contributed by atoms with Gasteiger partial charge in [0.2, 0.25) is 0 Å². The SMILES string of the molecule is CCCOc1ccc(C(Br)C(C)CCC)cc1OCCC. The molecule has 0 N–H and O–H groups in total. The van der Waals surface area contributed by atoms with E-state index < -0.39 is 0 Å². The molecule has 2 unspecified atom stereocenters. The predicted octanol–water partition coefficient (Wildman–Crippen LogP) is 6.14. The molecule has 0 saturated heterocycles. The number of hydrogen-bond donors (Lipinski definition) is 0. The first-order valence-electron chi connectivity index (χ1n) is 8.17. The maximum Gasteiger partial charge on any atom is 0.161 e. The Hall–Kier alpha value is -0.700. The Kier molecular flexibility index (Phi) is 8.82. The minimum atomic E-state index is 0.363. The number of halogens is 1. The van der Waals surface area contributed by atoms with Crippen molar-refractivity contribution >= 4 is 15.9 Å². The molecule has 0 heterocycles. The molecule has 0 aliphatic heterocycles. The lowest BCUT2D eigenvalue weighted by molar-refractivity contribution is 0.268. The molecule has 0 radical (unpaired) electrons. The lowest BCUT2D eigenvalue weighted by Crippen LogP contribution is -2.06. The van der Waals surface area contributed by atoms with Gasteiger partial charge in [0.15, 0.2) is 11.5 Å². The Labute approximate surface area is 138 Å². The maximum atomic E-state index is 5.87. The largest absolute Gasteiger partial charge is 0.490 e. The fraction of sp³-hybridized carbons (Fsp3) is 0.667. The van der Waals surface area contributed by atoms with E-state index in [1.165, 1.54) is 18.4 Å². The third kappa shape index (κ3) is 5.90. The van der Waals surface area contributed by atoms with Crippen LogP contribution in [0.2, 0.25) is 0 Å². The summed E-state index contributed by atoms with van der Waals surface area (Å²) in [7, 11) is 0. The normalized spacial score (nSPS) is 13.8. The van der Waals surface area contributed by atoms with E-state index >= 15 is 0 Å². The Balaban J connectivity index is 2.91. The van der Waals surface area contributed by atoms with Crippen LogP contribution in [0.1, 0.15) is 63.8 Å². The van der Waals surface area contributed by atoms with Gasteiger partial charge in [-0.1, -0.05) is 56.1 Å². The predicted molar refractivity (Wildman–Crippen MR) is 93.8 cm³/mol. The minimum absolute atomic E-state index is 0.363. The molecule has 0 bridgehead atoms. The highest BCUT2D eigenvalue weighted by Crippen LogP contribution is 2.38. The lowest BCUT2D eigenvalue weighted by Gasteiger charge is -2.20. The first-order chi connectivity index (χ1) is 10.1. The van der Waals surface area contributed by atoms with E-state index in [9.17, 15) is 0 Å². The average Bonchev–Trinajstić information content (AvgIpc) is 2.50. The standard InChI is InChI=1S/C18H29BrO2/c1-5-8-14(4)18(19)15-9-10-16(20-11-6-2)17(13-15)21-12-7-3/h9-10,13-14,18H,5-8,11-12H2,1-4H3. The molecule has 1 aromatic carbocycles. The molecule has 0 aliphatic carbocycles. The van der Waals surface area contributed by atoms with Gasteiger partial charge in [0.1, 0.15) is 0 Å². The number of alkyl halides is 1. The van der Waals surface area contributed by atoms with Crippen LogP contribution in [0.4, 0.5) is 0 Å². The van der Waals surface area contributed by atoms with Crippen LogP contribution >= 0.6 is 15.9 Å². The van der Waals surface area contributed by atoms with Crippen LogP contribution in [0.3, 0.4) is 0 Å². The minimum Gasteiger partial charge on any atom is -0.490 e. The monoisotopic (exact) mass is 356 g/mol. The molecular formula is C18H29BrO2. The highest BCUT2D eigenvalue weighted by atomic mass is 79.9. The van der Waals surface area contributed by atoms with E-state index in [0.717, 1.165) is 37.6 Å². The van der Waals surface area contributed by atoms with Crippen LogP contribution < -0.4 is 9.47 Å².